The van der Waals surface area contributed by atoms with Crippen LogP contribution in [0.1, 0.15) is 41.8 Å². The Balaban J connectivity index is 0.000000223. The van der Waals surface area contributed by atoms with Crippen molar-refractivity contribution in [3.8, 4) is 5.75 Å². The van der Waals surface area contributed by atoms with Gasteiger partial charge in [0.2, 0.25) is 0 Å². The minimum Gasteiger partial charge on any atom is -0.497 e. The Morgan fingerprint density at radius 1 is 0.759 bits per heavy atom. The first-order chi connectivity index (χ1) is 13.9. The summed E-state index contributed by atoms with van der Waals surface area (Å²) in [6, 6.07) is 27.4. The first-order valence-corrected chi connectivity index (χ1v) is 9.62. The number of hydrogen-bond acceptors (Lipinski definition) is 3. The Morgan fingerprint density at radius 2 is 1.28 bits per heavy atom. The number of ketones is 2. The topological polar surface area (TPSA) is 43.4 Å². The van der Waals surface area contributed by atoms with Crippen molar-refractivity contribution >= 4 is 11.6 Å². The minimum absolute atomic E-state index is 0.0765. The highest BCUT2D eigenvalue weighted by Crippen LogP contribution is 2.11. The Kier molecular flexibility index (Phi) is 11.4. The lowest BCUT2D eigenvalue weighted by Gasteiger charge is -1.98. The molecule has 3 rings (SSSR count). The van der Waals surface area contributed by atoms with Crippen LogP contribution in [0, 0.1) is 6.92 Å². The van der Waals surface area contributed by atoms with E-state index in [0.29, 0.717) is 12.0 Å². The van der Waals surface area contributed by atoms with Crippen molar-refractivity contribution in [2.75, 3.05) is 7.11 Å². The zero-order chi connectivity index (χ0) is 21.5. The van der Waals surface area contributed by atoms with Gasteiger partial charge in [0, 0.05) is 12.0 Å². The third-order valence-electron chi connectivity index (χ3n) is 4.05. The van der Waals surface area contributed by atoms with Crippen LogP contribution in [0.3, 0.4) is 0 Å². The van der Waals surface area contributed by atoms with Crippen LogP contribution < -0.4 is 4.74 Å². The highest BCUT2D eigenvalue weighted by atomic mass is 16.5. The molecular formula is C26H30O3. The van der Waals surface area contributed by atoms with E-state index < -0.39 is 0 Å². The van der Waals surface area contributed by atoms with Crippen LogP contribution in [0.2, 0.25) is 0 Å². The highest BCUT2D eigenvalue weighted by Gasteiger charge is 1.97. The largest absolute Gasteiger partial charge is 0.497 e. The molecule has 0 unspecified atom stereocenters. The molecule has 0 saturated heterocycles. The van der Waals surface area contributed by atoms with E-state index in [1.54, 1.807) is 45.2 Å². The summed E-state index contributed by atoms with van der Waals surface area (Å²) in [5.74, 6) is 1.11. The molecule has 0 heterocycles. The standard InChI is InChI=1S/C10H12O.C9H10O2.C7H8/c1-9(11)7-8-10-5-3-2-4-6-10;1-7(10)8-3-5-9(11-2)6-4-8;1-7-5-3-2-4-6-7/h2-6H,7-8H2,1H3;3-6H,1-2H3;2-6H,1H3. The van der Waals surface area contributed by atoms with E-state index >= 15 is 0 Å². The number of rotatable bonds is 5. The van der Waals surface area contributed by atoms with Gasteiger partial charge >= 0.3 is 0 Å². The second-order valence-electron chi connectivity index (χ2n) is 6.63. The lowest BCUT2D eigenvalue weighted by atomic mass is 10.1. The predicted molar refractivity (Wildman–Crippen MR) is 120 cm³/mol. The van der Waals surface area contributed by atoms with Gasteiger partial charge in [-0.05, 0) is 57.0 Å². The summed E-state index contributed by atoms with van der Waals surface area (Å²) < 4.78 is 4.94. The quantitative estimate of drug-likeness (QED) is 0.494. The molecule has 0 atom stereocenters. The fourth-order valence-corrected chi connectivity index (χ4v) is 2.33. The molecule has 0 aliphatic rings. The molecule has 3 aromatic carbocycles. The van der Waals surface area contributed by atoms with Crippen molar-refractivity contribution in [1.29, 1.82) is 0 Å². The van der Waals surface area contributed by atoms with Crippen molar-refractivity contribution in [2.24, 2.45) is 0 Å². The molecule has 152 valence electrons. The van der Waals surface area contributed by atoms with Crippen LogP contribution in [0.15, 0.2) is 84.9 Å². The fourth-order valence-electron chi connectivity index (χ4n) is 2.33. The first-order valence-electron chi connectivity index (χ1n) is 9.62. The second kappa shape index (κ2) is 13.9. The van der Waals surface area contributed by atoms with Crippen LogP contribution >= 0.6 is 0 Å². The van der Waals surface area contributed by atoms with Gasteiger partial charge in [0.05, 0.1) is 7.11 Å². The number of benzene rings is 3. The molecule has 0 spiro atoms. The Hall–Kier alpha value is -3.20. The van der Waals surface area contributed by atoms with E-state index in [0.717, 1.165) is 12.2 Å². The maximum atomic E-state index is 10.8. The summed E-state index contributed by atoms with van der Waals surface area (Å²) in [5, 5.41) is 0. The Labute approximate surface area is 174 Å². The number of Topliss-reactive ketones (excluding diaryl/α,β-unsaturated/α-hetero) is 2. The zero-order valence-electron chi connectivity index (χ0n) is 17.7. The molecule has 0 aromatic heterocycles. The summed E-state index contributed by atoms with van der Waals surface area (Å²) in [5.41, 5.74) is 3.27. The fraction of sp³-hybridized carbons (Fsp3) is 0.231. The van der Waals surface area contributed by atoms with Crippen LogP contribution in [0.5, 0.6) is 5.75 Å². The molecule has 3 aromatic rings. The second-order valence-corrected chi connectivity index (χ2v) is 6.63. The van der Waals surface area contributed by atoms with Crippen molar-refractivity contribution in [3.05, 3.63) is 102 Å². The zero-order valence-corrected chi connectivity index (χ0v) is 17.7. The van der Waals surface area contributed by atoms with Crippen LogP contribution in [-0.2, 0) is 11.2 Å². The molecule has 0 fully saturated rings. The van der Waals surface area contributed by atoms with E-state index in [1.807, 2.05) is 48.5 Å². The van der Waals surface area contributed by atoms with Gasteiger partial charge < -0.3 is 9.53 Å². The maximum absolute atomic E-state index is 10.8. The lowest BCUT2D eigenvalue weighted by Crippen LogP contribution is -1.92. The van der Waals surface area contributed by atoms with Crippen molar-refractivity contribution < 1.29 is 14.3 Å². The Morgan fingerprint density at radius 3 is 1.66 bits per heavy atom. The number of hydrogen-bond donors (Lipinski definition) is 0. The predicted octanol–water partition coefficient (Wildman–Crippen LogP) is 6.10. The minimum atomic E-state index is 0.0765. The monoisotopic (exact) mass is 390 g/mol. The van der Waals surface area contributed by atoms with Crippen LogP contribution in [0.25, 0.3) is 0 Å². The number of aryl methyl sites for hydroxylation is 2. The van der Waals surface area contributed by atoms with Gasteiger partial charge in [-0.2, -0.15) is 0 Å². The molecule has 0 aliphatic carbocycles. The van der Waals surface area contributed by atoms with Gasteiger partial charge in [-0.15, -0.1) is 0 Å². The van der Waals surface area contributed by atoms with Gasteiger partial charge in [0.1, 0.15) is 11.5 Å². The number of carbonyl (C=O) groups excluding carboxylic acids is 2. The van der Waals surface area contributed by atoms with Crippen molar-refractivity contribution in [2.45, 2.75) is 33.6 Å². The number of carbonyl (C=O) groups is 2. The molecule has 0 amide bonds. The van der Waals surface area contributed by atoms with Gasteiger partial charge in [-0.3, -0.25) is 4.79 Å². The molecule has 0 radical (unpaired) electrons. The number of methoxy groups -OCH3 is 1. The van der Waals surface area contributed by atoms with E-state index in [2.05, 4.69) is 19.1 Å². The summed E-state index contributed by atoms with van der Waals surface area (Å²) in [7, 11) is 1.60. The highest BCUT2D eigenvalue weighted by molar-refractivity contribution is 5.94. The lowest BCUT2D eigenvalue weighted by molar-refractivity contribution is -0.116. The third kappa shape index (κ3) is 11.3. The summed E-state index contributed by atoms with van der Waals surface area (Å²) >= 11 is 0. The van der Waals surface area contributed by atoms with Crippen molar-refractivity contribution in [1.82, 2.24) is 0 Å². The Bertz CT molecular complexity index is 838. The van der Waals surface area contributed by atoms with Gasteiger partial charge in [-0.1, -0.05) is 66.2 Å². The van der Waals surface area contributed by atoms with Gasteiger partial charge in [-0.25, -0.2) is 0 Å². The van der Waals surface area contributed by atoms with E-state index in [-0.39, 0.29) is 11.6 Å². The van der Waals surface area contributed by atoms with Crippen LogP contribution in [-0.4, -0.2) is 18.7 Å². The molecule has 0 aliphatic heterocycles. The summed E-state index contributed by atoms with van der Waals surface area (Å²) in [4.78, 5) is 21.4. The molecular weight excluding hydrogens is 360 g/mol. The smallest absolute Gasteiger partial charge is 0.159 e. The molecule has 3 nitrogen and oxygen atoms in total. The van der Waals surface area contributed by atoms with E-state index in [4.69, 9.17) is 4.74 Å². The van der Waals surface area contributed by atoms with E-state index in [1.165, 1.54) is 11.1 Å². The summed E-state index contributed by atoms with van der Waals surface area (Å²) in [6.07, 6.45) is 1.53. The maximum Gasteiger partial charge on any atom is 0.159 e. The average molecular weight is 391 g/mol. The SMILES string of the molecule is CC(=O)CCc1ccccc1.COc1ccc(C(C)=O)cc1.Cc1ccccc1. The molecule has 0 N–H and O–H groups in total. The third-order valence-corrected chi connectivity index (χ3v) is 4.05. The van der Waals surface area contributed by atoms with E-state index in [9.17, 15) is 9.59 Å². The average Bonchev–Trinajstić information content (AvgIpc) is 2.74. The molecule has 3 heteroatoms. The molecule has 0 saturated carbocycles. The first kappa shape index (κ1) is 23.8. The summed E-state index contributed by atoms with van der Waals surface area (Å²) in [6.45, 7) is 5.25. The van der Waals surface area contributed by atoms with Gasteiger partial charge in [0.15, 0.2) is 5.78 Å². The molecule has 0 bridgehead atoms. The normalized spacial score (nSPS) is 9.24. The van der Waals surface area contributed by atoms with Crippen LogP contribution in [0.4, 0.5) is 0 Å². The van der Waals surface area contributed by atoms with Gasteiger partial charge in [0.25, 0.3) is 0 Å². The molecule has 29 heavy (non-hydrogen) atoms. The number of ether oxygens (including phenoxy) is 1. The van der Waals surface area contributed by atoms with Crippen molar-refractivity contribution in [3.63, 3.8) is 0 Å².